The first-order valence-corrected chi connectivity index (χ1v) is 8.65. The summed E-state index contributed by atoms with van der Waals surface area (Å²) in [5, 5.41) is 2.71. The van der Waals surface area contributed by atoms with Gasteiger partial charge in [-0.3, -0.25) is 4.79 Å². The van der Waals surface area contributed by atoms with Crippen molar-refractivity contribution in [1.29, 1.82) is 0 Å². The van der Waals surface area contributed by atoms with Crippen molar-refractivity contribution < 1.29 is 23.0 Å². The van der Waals surface area contributed by atoms with Crippen molar-refractivity contribution in [2.45, 2.75) is 20.1 Å². The Balaban J connectivity index is 1.63. The van der Waals surface area contributed by atoms with Gasteiger partial charge in [-0.25, -0.2) is 0 Å². The minimum absolute atomic E-state index is 0.0254. The van der Waals surface area contributed by atoms with Crippen LogP contribution in [0.2, 0.25) is 0 Å². The first kappa shape index (κ1) is 19.4. The minimum atomic E-state index is -2.92. The molecule has 0 aliphatic carbocycles. The van der Waals surface area contributed by atoms with Gasteiger partial charge in [0, 0.05) is 16.8 Å². The molecule has 0 radical (unpaired) electrons. The molecule has 0 aliphatic heterocycles. The SMILES string of the molecule is Cc1c(NC(=O)c2ccc(OCc3ccccc3)cc2)cccc1OC(F)F. The maximum atomic E-state index is 12.4. The quantitative estimate of drug-likeness (QED) is 0.592. The van der Waals surface area contributed by atoms with Gasteiger partial charge in [0.25, 0.3) is 5.91 Å². The predicted octanol–water partition coefficient (Wildman–Crippen LogP) is 5.43. The Bertz CT molecular complexity index is 928. The Morgan fingerprint density at radius 1 is 0.964 bits per heavy atom. The number of carbonyl (C=O) groups excluding carboxylic acids is 1. The van der Waals surface area contributed by atoms with E-state index in [1.54, 1.807) is 43.3 Å². The summed E-state index contributed by atoms with van der Waals surface area (Å²) in [6.45, 7) is -0.885. The highest BCUT2D eigenvalue weighted by Gasteiger charge is 2.13. The summed E-state index contributed by atoms with van der Waals surface area (Å²) in [7, 11) is 0. The van der Waals surface area contributed by atoms with E-state index in [9.17, 15) is 13.6 Å². The number of ether oxygens (including phenoxy) is 2. The van der Waals surface area contributed by atoms with Crippen molar-refractivity contribution in [2.75, 3.05) is 5.32 Å². The molecular formula is C22H19F2NO3. The first-order valence-electron chi connectivity index (χ1n) is 8.65. The molecule has 6 heteroatoms. The van der Waals surface area contributed by atoms with Crippen LogP contribution < -0.4 is 14.8 Å². The second kappa shape index (κ2) is 8.99. The standard InChI is InChI=1S/C22H19F2NO3/c1-15-19(8-5-9-20(15)28-22(23)24)25-21(26)17-10-12-18(13-11-17)27-14-16-6-3-2-4-7-16/h2-13,22H,14H2,1H3,(H,25,26). The van der Waals surface area contributed by atoms with E-state index >= 15 is 0 Å². The first-order chi connectivity index (χ1) is 13.5. The molecule has 0 spiro atoms. The second-order valence-corrected chi connectivity index (χ2v) is 6.06. The zero-order valence-electron chi connectivity index (χ0n) is 15.2. The van der Waals surface area contributed by atoms with E-state index < -0.39 is 6.61 Å². The van der Waals surface area contributed by atoms with Crippen LogP contribution in [0.4, 0.5) is 14.5 Å². The molecule has 3 rings (SSSR count). The molecule has 28 heavy (non-hydrogen) atoms. The Kier molecular flexibility index (Phi) is 6.22. The number of hydrogen-bond acceptors (Lipinski definition) is 3. The lowest BCUT2D eigenvalue weighted by Crippen LogP contribution is -2.13. The minimum Gasteiger partial charge on any atom is -0.489 e. The predicted molar refractivity (Wildman–Crippen MR) is 103 cm³/mol. The highest BCUT2D eigenvalue weighted by atomic mass is 19.3. The van der Waals surface area contributed by atoms with Gasteiger partial charge >= 0.3 is 6.61 Å². The van der Waals surface area contributed by atoms with Crippen molar-refractivity contribution in [2.24, 2.45) is 0 Å². The van der Waals surface area contributed by atoms with Crippen LogP contribution in [-0.2, 0) is 6.61 Å². The lowest BCUT2D eigenvalue weighted by Gasteiger charge is -2.13. The van der Waals surface area contributed by atoms with Gasteiger partial charge in [-0.15, -0.1) is 0 Å². The summed E-state index contributed by atoms with van der Waals surface area (Å²) in [5.74, 6) is 0.313. The summed E-state index contributed by atoms with van der Waals surface area (Å²) in [5.41, 5.74) is 2.31. The third-order valence-electron chi connectivity index (χ3n) is 4.11. The maximum Gasteiger partial charge on any atom is 0.387 e. The number of alkyl halides is 2. The van der Waals surface area contributed by atoms with E-state index in [4.69, 9.17) is 4.74 Å². The molecule has 144 valence electrons. The monoisotopic (exact) mass is 383 g/mol. The number of amides is 1. The fourth-order valence-corrected chi connectivity index (χ4v) is 2.61. The number of halogens is 2. The van der Waals surface area contributed by atoms with Crippen LogP contribution in [0.25, 0.3) is 0 Å². The molecule has 0 atom stereocenters. The molecule has 0 saturated carbocycles. The van der Waals surface area contributed by atoms with Gasteiger partial charge in [-0.1, -0.05) is 36.4 Å². The van der Waals surface area contributed by atoms with Crippen LogP contribution in [0.3, 0.4) is 0 Å². The molecule has 0 bridgehead atoms. The molecule has 4 nitrogen and oxygen atoms in total. The van der Waals surface area contributed by atoms with Crippen molar-refractivity contribution in [1.82, 2.24) is 0 Å². The fraction of sp³-hybridized carbons (Fsp3) is 0.136. The van der Waals surface area contributed by atoms with Crippen LogP contribution in [0.1, 0.15) is 21.5 Å². The Morgan fingerprint density at radius 2 is 1.68 bits per heavy atom. The largest absolute Gasteiger partial charge is 0.489 e. The fourth-order valence-electron chi connectivity index (χ4n) is 2.61. The molecular weight excluding hydrogens is 364 g/mol. The van der Waals surface area contributed by atoms with Crippen LogP contribution in [-0.4, -0.2) is 12.5 Å². The van der Waals surface area contributed by atoms with Gasteiger partial charge in [0.2, 0.25) is 0 Å². The normalized spacial score (nSPS) is 10.6. The lowest BCUT2D eigenvalue weighted by molar-refractivity contribution is -0.0502. The van der Waals surface area contributed by atoms with E-state index in [0.717, 1.165) is 5.56 Å². The number of benzene rings is 3. The number of rotatable bonds is 7. The Labute approximate surface area is 161 Å². The second-order valence-electron chi connectivity index (χ2n) is 6.06. The molecule has 0 aromatic heterocycles. The summed E-state index contributed by atoms with van der Waals surface area (Å²) in [4.78, 5) is 12.4. The van der Waals surface area contributed by atoms with Crippen molar-refractivity contribution in [3.05, 3.63) is 89.5 Å². The van der Waals surface area contributed by atoms with Gasteiger partial charge in [0.1, 0.15) is 18.1 Å². The highest BCUT2D eigenvalue weighted by Crippen LogP contribution is 2.27. The molecule has 0 aliphatic rings. The van der Waals surface area contributed by atoms with Gasteiger partial charge in [-0.05, 0) is 48.9 Å². The van der Waals surface area contributed by atoms with E-state index in [1.807, 2.05) is 30.3 Å². The smallest absolute Gasteiger partial charge is 0.387 e. The third kappa shape index (κ3) is 5.07. The van der Waals surface area contributed by atoms with Crippen LogP contribution in [0.15, 0.2) is 72.8 Å². The molecule has 0 heterocycles. The number of carbonyl (C=O) groups is 1. The van der Waals surface area contributed by atoms with Crippen LogP contribution in [0, 0.1) is 6.92 Å². The van der Waals surface area contributed by atoms with Gasteiger partial charge < -0.3 is 14.8 Å². The summed E-state index contributed by atoms with van der Waals surface area (Å²) in [6, 6.07) is 21.1. The lowest BCUT2D eigenvalue weighted by atomic mass is 10.1. The third-order valence-corrected chi connectivity index (χ3v) is 4.11. The van der Waals surface area contributed by atoms with Crippen LogP contribution >= 0.6 is 0 Å². The van der Waals surface area contributed by atoms with Crippen molar-refractivity contribution in [3.63, 3.8) is 0 Å². The zero-order valence-corrected chi connectivity index (χ0v) is 15.2. The number of hydrogen-bond donors (Lipinski definition) is 1. The van der Waals surface area contributed by atoms with Crippen molar-refractivity contribution in [3.8, 4) is 11.5 Å². The molecule has 3 aromatic carbocycles. The Hall–Kier alpha value is -3.41. The summed E-state index contributed by atoms with van der Waals surface area (Å²) < 4.78 is 35.0. The topological polar surface area (TPSA) is 47.6 Å². The van der Waals surface area contributed by atoms with E-state index in [0.29, 0.717) is 29.2 Å². The zero-order chi connectivity index (χ0) is 19.9. The van der Waals surface area contributed by atoms with E-state index in [2.05, 4.69) is 10.1 Å². The van der Waals surface area contributed by atoms with Crippen LogP contribution in [0.5, 0.6) is 11.5 Å². The molecule has 3 aromatic rings. The summed E-state index contributed by atoms with van der Waals surface area (Å²) >= 11 is 0. The number of anilines is 1. The molecule has 1 N–H and O–H groups in total. The van der Waals surface area contributed by atoms with E-state index in [-0.39, 0.29) is 11.7 Å². The molecule has 1 amide bonds. The van der Waals surface area contributed by atoms with Gasteiger partial charge in [0.15, 0.2) is 0 Å². The molecule has 0 unspecified atom stereocenters. The molecule has 0 fully saturated rings. The average Bonchev–Trinajstić information content (AvgIpc) is 2.70. The number of nitrogens with one attached hydrogen (secondary N) is 1. The molecule has 0 saturated heterocycles. The average molecular weight is 383 g/mol. The Morgan fingerprint density at radius 3 is 2.36 bits per heavy atom. The van der Waals surface area contributed by atoms with E-state index in [1.165, 1.54) is 6.07 Å². The van der Waals surface area contributed by atoms with Gasteiger partial charge in [-0.2, -0.15) is 8.78 Å². The maximum absolute atomic E-state index is 12.4. The van der Waals surface area contributed by atoms with Gasteiger partial charge in [0.05, 0.1) is 0 Å². The van der Waals surface area contributed by atoms with Crippen molar-refractivity contribution >= 4 is 11.6 Å². The summed E-state index contributed by atoms with van der Waals surface area (Å²) in [6.07, 6.45) is 0. The highest BCUT2D eigenvalue weighted by molar-refractivity contribution is 6.04.